The van der Waals surface area contributed by atoms with E-state index in [2.05, 4.69) is 12.2 Å². The van der Waals surface area contributed by atoms with Gasteiger partial charge in [0.1, 0.15) is 0 Å². The van der Waals surface area contributed by atoms with Gasteiger partial charge in [0.05, 0.1) is 0 Å². The van der Waals surface area contributed by atoms with Crippen LogP contribution in [0.3, 0.4) is 0 Å². The van der Waals surface area contributed by atoms with Crippen LogP contribution < -0.4 is 0 Å². The van der Waals surface area contributed by atoms with Gasteiger partial charge in [-0.05, 0) is 19.3 Å². The molecule has 0 unspecified atom stereocenters. The van der Waals surface area contributed by atoms with Crippen molar-refractivity contribution >= 4 is 0 Å². The molecule has 1 radical (unpaired) electrons. The summed E-state index contributed by atoms with van der Waals surface area (Å²) in [5.41, 5.74) is 0. The fourth-order valence-corrected chi connectivity index (χ4v) is 0.589. The first kappa shape index (κ1) is 6.26. The molecule has 0 heterocycles. The van der Waals surface area contributed by atoms with Gasteiger partial charge in [0.25, 0.3) is 0 Å². The summed E-state index contributed by atoms with van der Waals surface area (Å²) in [6.07, 6.45) is 8.50. The van der Waals surface area contributed by atoms with Crippen LogP contribution in [-0.4, -0.2) is 0 Å². The Bertz CT molecular complexity index is 41.9. The van der Waals surface area contributed by atoms with E-state index < -0.39 is 0 Å². The molecule has 6 heavy (non-hydrogen) atoms. The minimum atomic E-state index is 0. The summed E-state index contributed by atoms with van der Waals surface area (Å²) in [5.74, 6) is 0. The third-order valence-electron chi connectivity index (χ3n) is 0.908. The van der Waals surface area contributed by atoms with E-state index in [0.29, 0.717) is 0 Å². The van der Waals surface area contributed by atoms with Gasteiger partial charge in [0, 0.05) is 17.1 Å². The quantitative estimate of drug-likeness (QED) is 0.347. The number of hydrogen-bond donors (Lipinski definition) is 0. The molecule has 1 rings (SSSR count). The Labute approximate surface area is 49.1 Å². The van der Waals surface area contributed by atoms with Gasteiger partial charge in [-0.1, -0.05) is 12.2 Å². The van der Waals surface area contributed by atoms with Crippen molar-refractivity contribution < 1.29 is 17.1 Å². The van der Waals surface area contributed by atoms with E-state index in [4.69, 9.17) is 0 Å². The topological polar surface area (TPSA) is 0 Å². The first-order valence-corrected chi connectivity index (χ1v) is 2.15. The Balaban J connectivity index is 0.000000250. The second-order valence-corrected chi connectivity index (χ2v) is 1.40. The molecule has 0 saturated heterocycles. The molecule has 0 aromatic heterocycles. The van der Waals surface area contributed by atoms with Crippen LogP contribution in [0.25, 0.3) is 0 Å². The van der Waals surface area contributed by atoms with Crippen molar-refractivity contribution in [2.24, 2.45) is 0 Å². The van der Waals surface area contributed by atoms with Crippen LogP contribution in [0.5, 0.6) is 0 Å². The molecule has 0 aromatic rings. The fraction of sp³-hybridized carbons (Fsp3) is 0.600. The van der Waals surface area contributed by atoms with Crippen LogP contribution in [0.1, 0.15) is 19.3 Å². The standard InChI is InChI=1S/C5H8.Cu/c1-2-4-5-3-1;/h1-2H,3-5H2;. The minimum absolute atomic E-state index is 0. The molecule has 0 nitrogen and oxygen atoms in total. The van der Waals surface area contributed by atoms with Crippen molar-refractivity contribution in [3.63, 3.8) is 0 Å². The maximum atomic E-state index is 2.24. The average molecular weight is 132 g/mol. The second-order valence-electron chi connectivity index (χ2n) is 1.40. The van der Waals surface area contributed by atoms with Gasteiger partial charge in [-0.2, -0.15) is 0 Å². The van der Waals surface area contributed by atoms with Crippen molar-refractivity contribution in [2.45, 2.75) is 19.3 Å². The van der Waals surface area contributed by atoms with Crippen LogP contribution in [0.4, 0.5) is 0 Å². The molecule has 0 spiro atoms. The van der Waals surface area contributed by atoms with Crippen molar-refractivity contribution in [1.82, 2.24) is 0 Å². The minimum Gasteiger partial charge on any atom is -0.0885 e. The molecule has 0 atom stereocenters. The molecule has 0 bridgehead atoms. The SMILES string of the molecule is C1=CCCC1.[Cu]. The molecule has 0 amide bonds. The summed E-state index contributed by atoms with van der Waals surface area (Å²) < 4.78 is 0. The van der Waals surface area contributed by atoms with Crippen molar-refractivity contribution in [3.8, 4) is 0 Å². The maximum Gasteiger partial charge on any atom is 0 e. The third-order valence-corrected chi connectivity index (χ3v) is 0.908. The predicted octanol–water partition coefficient (Wildman–Crippen LogP) is 1.72. The van der Waals surface area contributed by atoms with E-state index in [1.54, 1.807) is 0 Å². The maximum absolute atomic E-state index is 2.24. The van der Waals surface area contributed by atoms with E-state index in [1.165, 1.54) is 19.3 Å². The van der Waals surface area contributed by atoms with Crippen LogP contribution in [0, 0.1) is 0 Å². The molecule has 0 fully saturated rings. The first-order valence-electron chi connectivity index (χ1n) is 2.15. The summed E-state index contributed by atoms with van der Waals surface area (Å²) in [4.78, 5) is 0. The fourth-order valence-electron chi connectivity index (χ4n) is 0.589. The van der Waals surface area contributed by atoms with Crippen LogP contribution >= 0.6 is 0 Å². The van der Waals surface area contributed by atoms with Gasteiger partial charge < -0.3 is 0 Å². The number of allylic oxidation sites excluding steroid dienone is 2. The van der Waals surface area contributed by atoms with Gasteiger partial charge in [-0.15, -0.1) is 0 Å². The summed E-state index contributed by atoms with van der Waals surface area (Å²) in [7, 11) is 0. The molecule has 0 aromatic carbocycles. The number of hydrogen-bond acceptors (Lipinski definition) is 0. The summed E-state index contributed by atoms with van der Waals surface area (Å²) >= 11 is 0. The van der Waals surface area contributed by atoms with Gasteiger partial charge in [0.2, 0.25) is 0 Å². The van der Waals surface area contributed by atoms with Crippen molar-refractivity contribution in [2.75, 3.05) is 0 Å². The molecule has 0 N–H and O–H groups in total. The zero-order valence-electron chi connectivity index (χ0n) is 3.58. The third kappa shape index (κ3) is 1.64. The van der Waals surface area contributed by atoms with E-state index >= 15 is 0 Å². The molecule has 1 heteroatoms. The molecule has 39 valence electrons. The Morgan fingerprint density at radius 1 is 1.00 bits per heavy atom. The Hall–Kier alpha value is 0.259. The molecule has 1 aliphatic carbocycles. The molecular weight excluding hydrogens is 124 g/mol. The summed E-state index contributed by atoms with van der Waals surface area (Å²) in [6, 6.07) is 0. The molecule has 1 aliphatic rings. The number of rotatable bonds is 0. The van der Waals surface area contributed by atoms with E-state index in [9.17, 15) is 0 Å². The van der Waals surface area contributed by atoms with Crippen molar-refractivity contribution in [1.29, 1.82) is 0 Å². The largest absolute Gasteiger partial charge is 0.0885 e. The van der Waals surface area contributed by atoms with Gasteiger partial charge in [-0.25, -0.2) is 0 Å². The van der Waals surface area contributed by atoms with Gasteiger partial charge in [0.15, 0.2) is 0 Å². The summed E-state index contributed by atoms with van der Waals surface area (Å²) in [5, 5.41) is 0. The first-order chi connectivity index (χ1) is 2.50. The Morgan fingerprint density at radius 3 is 1.67 bits per heavy atom. The van der Waals surface area contributed by atoms with Crippen LogP contribution in [0.2, 0.25) is 0 Å². The van der Waals surface area contributed by atoms with E-state index in [-0.39, 0.29) is 17.1 Å². The van der Waals surface area contributed by atoms with E-state index in [0.717, 1.165) is 0 Å². The van der Waals surface area contributed by atoms with Crippen LogP contribution in [0.15, 0.2) is 12.2 Å². The Morgan fingerprint density at radius 2 is 1.50 bits per heavy atom. The summed E-state index contributed by atoms with van der Waals surface area (Å²) in [6.45, 7) is 0. The zero-order chi connectivity index (χ0) is 3.54. The van der Waals surface area contributed by atoms with Crippen LogP contribution in [-0.2, 0) is 17.1 Å². The smallest absolute Gasteiger partial charge is 0 e. The Kier molecular flexibility index (Phi) is 3.60. The average Bonchev–Trinajstić information content (AvgIpc) is 1.76. The second kappa shape index (κ2) is 3.45. The monoisotopic (exact) mass is 131 g/mol. The molecule has 0 aliphatic heterocycles. The van der Waals surface area contributed by atoms with E-state index in [1.807, 2.05) is 0 Å². The molecular formula is C5H8Cu. The predicted molar refractivity (Wildman–Crippen MR) is 23.0 cm³/mol. The normalized spacial score (nSPS) is 17.3. The zero-order valence-corrected chi connectivity index (χ0v) is 4.52. The van der Waals surface area contributed by atoms with Crippen molar-refractivity contribution in [3.05, 3.63) is 12.2 Å². The van der Waals surface area contributed by atoms with Gasteiger partial charge >= 0.3 is 0 Å². The van der Waals surface area contributed by atoms with Gasteiger partial charge in [-0.3, -0.25) is 0 Å². The molecule has 0 saturated carbocycles.